The average molecular weight is 334 g/mol. The van der Waals surface area contributed by atoms with Gasteiger partial charge in [-0.2, -0.15) is 0 Å². The molecule has 130 valence electrons. The Morgan fingerprint density at radius 2 is 1.74 bits per heavy atom. The Morgan fingerprint density at radius 3 is 2.26 bits per heavy atom. The van der Waals surface area contributed by atoms with Gasteiger partial charge in [-0.05, 0) is 29.6 Å². The molecule has 0 radical (unpaired) electrons. The first kappa shape index (κ1) is 20.4. The molecular formula is C21H35OP. The summed E-state index contributed by atoms with van der Waals surface area (Å²) in [6.45, 7) is 6.52. The third kappa shape index (κ3) is 7.17. The van der Waals surface area contributed by atoms with Crippen LogP contribution in [0.5, 0.6) is 0 Å². The smallest absolute Gasteiger partial charge is 0.140 e. The SMILES string of the molecule is CCCCC(CCCC)CC(C(=O)CC)c1cccc(CP)c1. The van der Waals surface area contributed by atoms with Crippen molar-refractivity contribution in [1.82, 2.24) is 0 Å². The zero-order valence-corrected chi connectivity index (χ0v) is 16.5. The number of Topliss-reactive ketones (excluding diaryl/α,β-unsaturated/α-hetero) is 1. The fourth-order valence-corrected chi connectivity index (χ4v) is 3.59. The monoisotopic (exact) mass is 334 g/mol. The van der Waals surface area contributed by atoms with Crippen LogP contribution in [0.1, 0.15) is 89.2 Å². The van der Waals surface area contributed by atoms with E-state index < -0.39 is 0 Å². The molecule has 2 unspecified atom stereocenters. The van der Waals surface area contributed by atoms with E-state index >= 15 is 0 Å². The van der Waals surface area contributed by atoms with Crippen LogP contribution in [0.2, 0.25) is 0 Å². The van der Waals surface area contributed by atoms with Crippen molar-refractivity contribution in [2.45, 2.75) is 84.2 Å². The van der Waals surface area contributed by atoms with Gasteiger partial charge in [-0.1, -0.05) is 83.6 Å². The zero-order chi connectivity index (χ0) is 17.1. The van der Waals surface area contributed by atoms with E-state index in [0.29, 0.717) is 18.1 Å². The van der Waals surface area contributed by atoms with E-state index in [1.807, 2.05) is 6.92 Å². The van der Waals surface area contributed by atoms with Crippen LogP contribution in [0.15, 0.2) is 24.3 Å². The summed E-state index contributed by atoms with van der Waals surface area (Å²) in [7, 11) is 2.78. The number of rotatable bonds is 12. The highest BCUT2D eigenvalue weighted by molar-refractivity contribution is 7.15. The molecule has 1 aromatic rings. The molecule has 0 spiro atoms. The summed E-state index contributed by atoms with van der Waals surface area (Å²) in [4.78, 5) is 12.6. The molecule has 0 heterocycles. The first-order valence-electron chi connectivity index (χ1n) is 9.47. The largest absolute Gasteiger partial charge is 0.299 e. The van der Waals surface area contributed by atoms with Crippen LogP contribution in [0.4, 0.5) is 0 Å². The Morgan fingerprint density at radius 1 is 1.09 bits per heavy atom. The third-order valence-electron chi connectivity index (χ3n) is 4.83. The minimum Gasteiger partial charge on any atom is -0.299 e. The third-order valence-corrected chi connectivity index (χ3v) is 5.30. The molecule has 1 aromatic carbocycles. The summed E-state index contributed by atoms with van der Waals surface area (Å²) in [5.74, 6) is 1.19. The Kier molecular flexibility index (Phi) is 10.4. The topological polar surface area (TPSA) is 17.1 Å². The predicted octanol–water partition coefficient (Wildman–Crippen LogP) is 6.51. The lowest BCUT2D eigenvalue weighted by Crippen LogP contribution is -2.17. The second-order valence-corrected chi connectivity index (χ2v) is 7.12. The van der Waals surface area contributed by atoms with Crippen molar-refractivity contribution in [1.29, 1.82) is 0 Å². The Balaban J connectivity index is 2.91. The lowest BCUT2D eigenvalue weighted by Gasteiger charge is -2.23. The van der Waals surface area contributed by atoms with E-state index in [9.17, 15) is 4.79 Å². The number of ketones is 1. The van der Waals surface area contributed by atoms with Crippen LogP contribution in [0, 0.1) is 5.92 Å². The van der Waals surface area contributed by atoms with Gasteiger partial charge in [0.25, 0.3) is 0 Å². The molecule has 0 N–H and O–H groups in total. The summed E-state index contributed by atoms with van der Waals surface area (Å²) < 4.78 is 0. The van der Waals surface area contributed by atoms with E-state index in [-0.39, 0.29) is 5.92 Å². The quantitative estimate of drug-likeness (QED) is 0.398. The lowest BCUT2D eigenvalue weighted by molar-refractivity contribution is -0.120. The number of benzene rings is 1. The summed E-state index contributed by atoms with van der Waals surface area (Å²) in [5.41, 5.74) is 2.54. The zero-order valence-electron chi connectivity index (χ0n) is 15.3. The van der Waals surface area contributed by atoms with Crippen molar-refractivity contribution in [3.63, 3.8) is 0 Å². The molecule has 0 aliphatic rings. The fraction of sp³-hybridized carbons (Fsp3) is 0.667. The van der Waals surface area contributed by atoms with Gasteiger partial charge < -0.3 is 0 Å². The standard InChI is InChI=1S/C21H35OP/c1-4-7-10-17(11-8-5-2)15-20(21(22)6-3)19-13-9-12-18(14-19)16-23/h9,12-14,17,20H,4-8,10-11,15-16,23H2,1-3H3. The van der Waals surface area contributed by atoms with Crippen molar-refractivity contribution < 1.29 is 4.79 Å². The van der Waals surface area contributed by atoms with Crippen molar-refractivity contribution in [3.8, 4) is 0 Å². The van der Waals surface area contributed by atoms with E-state index in [1.165, 1.54) is 49.7 Å². The van der Waals surface area contributed by atoms with Gasteiger partial charge in [-0.15, -0.1) is 9.24 Å². The van der Waals surface area contributed by atoms with Gasteiger partial charge in [0.2, 0.25) is 0 Å². The van der Waals surface area contributed by atoms with Gasteiger partial charge in [-0.3, -0.25) is 4.79 Å². The van der Waals surface area contributed by atoms with Crippen LogP contribution in [-0.2, 0) is 11.0 Å². The highest BCUT2D eigenvalue weighted by atomic mass is 31.0. The van der Waals surface area contributed by atoms with E-state index in [1.54, 1.807) is 0 Å². The molecular weight excluding hydrogens is 299 g/mol. The molecule has 23 heavy (non-hydrogen) atoms. The highest BCUT2D eigenvalue weighted by Gasteiger charge is 2.23. The van der Waals surface area contributed by atoms with Crippen molar-refractivity contribution in [2.75, 3.05) is 0 Å². The van der Waals surface area contributed by atoms with Crippen LogP contribution in [0.25, 0.3) is 0 Å². The molecule has 0 saturated carbocycles. The summed E-state index contributed by atoms with van der Waals surface area (Å²) in [6.07, 6.45) is 10.2. The number of hydrogen-bond donors (Lipinski definition) is 0. The maximum absolute atomic E-state index is 12.6. The molecule has 0 saturated heterocycles. The molecule has 0 amide bonds. The van der Waals surface area contributed by atoms with Gasteiger partial charge >= 0.3 is 0 Å². The second kappa shape index (κ2) is 11.8. The van der Waals surface area contributed by atoms with Crippen LogP contribution >= 0.6 is 9.24 Å². The van der Waals surface area contributed by atoms with Gasteiger partial charge in [0.15, 0.2) is 0 Å². The number of unbranched alkanes of at least 4 members (excludes halogenated alkanes) is 2. The number of carbonyl (C=O) groups excluding carboxylic acids is 1. The summed E-state index contributed by atoms with van der Waals surface area (Å²) in [5, 5.41) is 0. The van der Waals surface area contributed by atoms with Crippen molar-refractivity contribution in [2.24, 2.45) is 5.92 Å². The van der Waals surface area contributed by atoms with Crippen molar-refractivity contribution in [3.05, 3.63) is 35.4 Å². The number of hydrogen-bond acceptors (Lipinski definition) is 1. The first-order valence-corrected chi connectivity index (χ1v) is 10.3. The lowest BCUT2D eigenvalue weighted by atomic mass is 9.81. The maximum atomic E-state index is 12.6. The minimum absolute atomic E-state index is 0.0928. The van der Waals surface area contributed by atoms with E-state index in [0.717, 1.165) is 12.6 Å². The van der Waals surface area contributed by atoms with Gasteiger partial charge in [0, 0.05) is 12.3 Å². The van der Waals surface area contributed by atoms with E-state index in [2.05, 4.69) is 47.4 Å². The average Bonchev–Trinajstić information content (AvgIpc) is 2.60. The molecule has 1 rings (SSSR count). The van der Waals surface area contributed by atoms with E-state index in [4.69, 9.17) is 0 Å². The Labute approximate surface area is 145 Å². The number of carbonyl (C=O) groups is 1. The van der Waals surface area contributed by atoms with Gasteiger partial charge in [-0.25, -0.2) is 0 Å². The fourth-order valence-electron chi connectivity index (χ4n) is 3.34. The molecule has 0 aliphatic carbocycles. The van der Waals surface area contributed by atoms with Crippen LogP contribution < -0.4 is 0 Å². The molecule has 2 atom stereocenters. The highest BCUT2D eigenvalue weighted by Crippen LogP contribution is 2.32. The summed E-state index contributed by atoms with van der Waals surface area (Å²) in [6, 6.07) is 8.65. The van der Waals surface area contributed by atoms with Crippen molar-refractivity contribution >= 4 is 15.0 Å². The molecule has 0 aromatic heterocycles. The normalized spacial score (nSPS) is 12.6. The minimum atomic E-state index is 0.0928. The maximum Gasteiger partial charge on any atom is 0.140 e. The predicted molar refractivity (Wildman–Crippen MR) is 105 cm³/mol. The van der Waals surface area contributed by atoms with Crippen LogP contribution in [0.3, 0.4) is 0 Å². The molecule has 0 bridgehead atoms. The molecule has 1 nitrogen and oxygen atoms in total. The molecule has 0 fully saturated rings. The first-order chi connectivity index (χ1) is 11.2. The Hall–Kier alpha value is -0.680. The van der Waals surface area contributed by atoms with Gasteiger partial charge in [0.1, 0.15) is 5.78 Å². The summed E-state index contributed by atoms with van der Waals surface area (Å²) >= 11 is 0. The Bertz CT molecular complexity index is 447. The van der Waals surface area contributed by atoms with Crippen LogP contribution in [-0.4, -0.2) is 5.78 Å². The second-order valence-electron chi connectivity index (χ2n) is 6.71. The van der Waals surface area contributed by atoms with Gasteiger partial charge in [0.05, 0.1) is 0 Å². The molecule has 2 heteroatoms. The molecule has 0 aliphatic heterocycles.